The van der Waals surface area contributed by atoms with Crippen LogP contribution in [0.25, 0.3) is 0 Å². The molecule has 5 nitrogen and oxygen atoms in total. The number of nitrogens with two attached hydrogens (primary N) is 1. The van der Waals surface area contributed by atoms with Crippen molar-refractivity contribution in [3.8, 4) is 0 Å². The minimum absolute atomic E-state index is 0.500. The van der Waals surface area contributed by atoms with E-state index in [-0.39, 0.29) is 0 Å². The number of aromatic nitrogens is 4. The van der Waals surface area contributed by atoms with Crippen LogP contribution in [0.3, 0.4) is 0 Å². The Morgan fingerprint density at radius 1 is 1.35 bits per heavy atom. The molecule has 0 radical (unpaired) electrons. The molecule has 0 aromatic carbocycles. The van der Waals surface area contributed by atoms with Gasteiger partial charge in [-0.2, -0.15) is 10.2 Å². The van der Waals surface area contributed by atoms with E-state index >= 15 is 0 Å². The van der Waals surface area contributed by atoms with Crippen molar-refractivity contribution in [1.82, 2.24) is 19.6 Å². The first-order valence-corrected chi connectivity index (χ1v) is 6.81. The van der Waals surface area contributed by atoms with Gasteiger partial charge in [0.05, 0.1) is 26.9 Å². The highest BCUT2D eigenvalue weighted by molar-refractivity contribution is 9.11. The predicted octanol–water partition coefficient (Wildman–Crippen LogP) is 2.56. The smallest absolute Gasteiger partial charge is 0.159 e. The molecular formula is C10H13Br2N5. The summed E-state index contributed by atoms with van der Waals surface area (Å²) >= 11 is 6.90. The van der Waals surface area contributed by atoms with Gasteiger partial charge in [0.1, 0.15) is 0 Å². The summed E-state index contributed by atoms with van der Waals surface area (Å²) in [5.74, 6) is 0.500. The zero-order chi connectivity index (χ0) is 12.6. The molecular weight excluding hydrogens is 350 g/mol. The van der Waals surface area contributed by atoms with Crippen LogP contribution in [0.5, 0.6) is 0 Å². The van der Waals surface area contributed by atoms with E-state index < -0.39 is 0 Å². The Kier molecular flexibility index (Phi) is 3.58. The van der Waals surface area contributed by atoms with Gasteiger partial charge in [-0.25, -0.2) is 0 Å². The van der Waals surface area contributed by atoms with Crippen molar-refractivity contribution in [3.05, 3.63) is 26.5 Å². The second-order valence-electron chi connectivity index (χ2n) is 3.72. The van der Waals surface area contributed by atoms with Gasteiger partial charge >= 0.3 is 0 Å². The van der Waals surface area contributed by atoms with Crippen molar-refractivity contribution in [3.63, 3.8) is 0 Å². The first-order chi connectivity index (χ1) is 8.02. The van der Waals surface area contributed by atoms with Gasteiger partial charge in [-0.1, -0.05) is 0 Å². The van der Waals surface area contributed by atoms with Gasteiger partial charge < -0.3 is 5.73 Å². The van der Waals surface area contributed by atoms with Crippen LogP contribution in [-0.4, -0.2) is 19.6 Å². The summed E-state index contributed by atoms with van der Waals surface area (Å²) < 4.78 is 5.61. The molecule has 92 valence electrons. The molecule has 0 spiro atoms. The average molecular weight is 363 g/mol. The number of hydrogen-bond acceptors (Lipinski definition) is 3. The summed E-state index contributed by atoms with van der Waals surface area (Å²) in [6, 6.07) is 0. The first kappa shape index (κ1) is 12.6. The molecule has 0 aliphatic rings. The van der Waals surface area contributed by atoms with E-state index in [1.807, 2.05) is 17.8 Å². The van der Waals surface area contributed by atoms with Crippen LogP contribution < -0.4 is 5.73 Å². The SMILES string of the molecule is CCn1nc(C)c(Br)c1Cn1cc(Br)c(N)n1. The molecule has 0 unspecified atom stereocenters. The Morgan fingerprint density at radius 2 is 2.06 bits per heavy atom. The van der Waals surface area contributed by atoms with Gasteiger partial charge in [0.2, 0.25) is 0 Å². The largest absolute Gasteiger partial charge is 0.381 e. The van der Waals surface area contributed by atoms with Crippen molar-refractivity contribution >= 4 is 37.7 Å². The molecule has 2 N–H and O–H groups in total. The molecule has 0 aliphatic carbocycles. The van der Waals surface area contributed by atoms with Crippen molar-refractivity contribution in [2.45, 2.75) is 26.9 Å². The van der Waals surface area contributed by atoms with Crippen molar-refractivity contribution in [2.75, 3.05) is 5.73 Å². The Bertz CT molecular complexity index is 524. The van der Waals surface area contributed by atoms with E-state index in [9.17, 15) is 0 Å². The van der Waals surface area contributed by atoms with Crippen LogP contribution in [0.15, 0.2) is 15.1 Å². The fraction of sp³-hybridized carbons (Fsp3) is 0.400. The molecule has 0 saturated heterocycles. The van der Waals surface area contributed by atoms with Crippen LogP contribution in [-0.2, 0) is 13.1 Å². The number of rotatable bonds is 3. The van der Waals surface area contributed by atoms with Crippen LogP contribution in [0.2, 0.25) is 0 Å². The lowest BCUT2D eigenvalue weighted by atomic mass is 10.3. The summed E-state index contributed by atoms with van der Waals surface area (Å²) in [6.45, 7) is 5.52. The lowest BCUT2D eigenvalue weighted by Crippen LogP contribution is -2.09. The van der Waals surface area contributed by atoms with Crippen LogP contribution in [0.4, 0.5) is 5.82 Å². The van der Waals surface area contributed by atoms with Crippen molar-refractivity contribution in [1.29, 1.82) is 0 Å². The molecule has 17 heavy (non-hydrogen) atoms. The van der Waals surface area contributed by atoms with Crippen LogP contribution >= 0.6 is 31.9 Å². The summed E-state index contributed by atoms with van der Waals surface area (Å²) in [4.78, 5) is 0. The lowest BCUT2D eigenvalue weighted by molar-refractivity contribution is 0.575. The molecule has 7 heteroatoms. The fourth-order valence-electron chi connectivity index (χ4n) is 1.67. The van der Waals surface area contributed by atoms with Crippen molar-refractivity contribution in [2.24, 2.45) is 0 Å². The number of nitrogen functional groups attached to an aromatic ring is 1. The number of hydrogen-bond donors (Lipinski definition) is 1. The Labute approximate surface area is 116 Å². The van der Waals surface area contributed by atoms with Crippen LogP contribution in [0, 0.1) is 6.92 Å². The fourth-order valence-corrected chi connectivity index (χ4v) is 2.39. The molecule has 0 atom stereocenters. The highest BCUT2D eigenvalue weighted by Crippen LogP contribution is 2.23. The Balaban J connectivity index is 2.35. The quantitative estimate of drug-likeness (QED) is 0.912. The van der Waals surface area contributed by atoms with Crippen molar-refractivity contribution < 1.29 is 0 Å². The van der Waals surface area contributed by atoms with Gasteiger partial charge in [0, 0.05) is 12.7 Å². The van der Waals surface area contributed by atoms with Gasteiger partial charge in [-0.15, -0.1) is 0 Å². The Hall–Kier alpha value is -0.820. The van der Waals surface area contributed by atoms with Crippen LogP contribution in [0.1, 0.15) is 18.3 Å². The maximum Gasteiger partial charge on any atom is 0.159 e. The second-order valence-corrected chi connectivity index (χ2v) is 5.37. The molecule has 0 amide bonds. The number of halogens is 2. The second kappa shape index (κ2) is 4.81. The lowest BCUT2D eigenvalue weighted by Gasteiger charge is -2.05. The van der Waals surface area contributed by atoms with Gasteiger partial charge in [0.15, 0.2) is 5.82 Å². The molecule has 0 bridgehead atoms. The zero-order valence-electron chi connectivity index (χ0n) is 9.61. The van der Waals surface area contributed by atoms with Gasteiger partial charge in [-0.3, -0.25) is 9.36 Å². The minimum Gasteiger partial charge on any atom is -0.381 e. The summed E-state index contributed by atoms with van der Waals surface area (Å²) in [5.41, 5.74) is 7.78. The average Bonchev–Trinajstić information content (AvgIpc) is 2.74. The predicted molar refractivity (Wildman–Crippen MR) is 73.8 cm³/mol. The molecule has 2 aromatic heterocycles. The van der Waals surface area contributed by atoms with E-state index in [4.69, 9.17) is 5.73 Å². The van der Waals surface area contributed by atoms with E-state index in [1.54, 1.807) is 4.68 Å². The van der Waals surface area contributed by atoms with E-state index in [1.165, 1.54) is 0 Å². The molecule has 0 fully saturated rings. The third-order valence-corrected chi connectivity index (χ3v) is 4.15. The minimum atomic E-state index is 0.500. The first-order valence-electron chi connectivity index (χ1n) is 5.23. The summed E-state index contributed by atoms with van der Waals surface area (Å²) in [5, 5.41) is 8.66. The monoisotopic (exact) mass is 361 g/mol. The van der Waals surface area contributed by atoms with E-state index in [2.05, 4.69) is 49.0 Å². The Morgan fingerprint density at radius 3 is 2.59 bits per heavy atom. The highest BCUT2D eigenvalue weighted by atomic mass is 79.9. The number of anilines is 1. The molecule has 2 aromatic rings. The molecule has 2 heterocycles. The van der Waals surface area contributed by atoms with E-state index in [0.717, 1.165) is 26.9 Å². The number of nitrogens with zero attached hydrogens (tertiary/aromatic N) is 4. The molecule has 2 rings (SSSR count). The zero-order valence-corrected chi connectivity index (χ0v) is 12.8. The standard InChI is InChI=1S/C10H13Br2N5/c1-3-17-8(9(12)6(2)14-17)5-16-4-7(11)10(13)15-16/h4H,3,5H2,1-2H3,(H2,13,15). The highest BCUT2D eigenvalue weighted by Gasteiger charge is 2.13. The third-order valence-electron chi connectivity index (χ3n) is 2.51. The number of aryl methyl sites for hydroxylation is 2. The van der Waals surface area contributed by atoms with Gasteiger partial charge in [-0.05, 0) is 45.7 Å². The maximum atomic E-state index is 5.70. The third kappa shape index (κ3) is 2.40. The topological polar surface area (TPSA) is 61.7 Å². The van der Waals surface area contributed by atoms with Gasteiger partial charge in [0.25, 0.3) is 0 Å². The summed E-state index contributed by atoms with van der Waals surface area (Å²) in [7, 11) is 0. The normalized spacial score (nSPS) is 11.1. The summed E-state index contributed by atoms with van der Waals surface area (Å²) in [6.07, 6.45) is 1.87. The van der Waals surface area contributed by atoms with E-state index in [0.29, 0.717) is 12.4 Å². The molecule has 0 aliphatic heterocycles. The maximum absolute atomic E-state index is 5.70. The molecule has 0 saturated carbocycles.